The Labute approximate surface area is 83.7 Å². The van der Waals surface area contributed by atoms with E-state index in [9.17, 15) is 4.57 Å². The molecule has 0 rings (SSSR count). The molecular formula is C11H25OP. The molecular weight excluding hydrogens is 179 g/mol. The maximum atomic E-state index is 11.3. The van der Waals surface area contributed by atoms with E-state index in [0.717, 1.165) is 12.6 Å². The molecule has 0 aliphatic carbocycles. The molecule has 0 aromatic rings. The first kappa shape index (κ1) is 13.2. The molecule has 0 aromatic heterocycles. The van der Waals surface area contributed by atoms with E-state index in [-0.39, 0.29) is 0 Å². The highest BCUT2D eigenvalue weighted by atomic mass is 31.2. The lowest BCUT2D eigenvalue weighted by Crippen LogP contribution is -1.87. The van der Waals surface area contributed by atoms with E-state index in [0.29, 0.717) is 0 Å². The van der Waals surface area contributed by atoms with E-state index in [1.165, 1.54) is 38.5 Å². The van der Waals surface area contributed by atoms with Crippen molar-refractivity contribution >= 4 is 7.14 Å². The Kier molecular flexibility index (Phi) is 7.75. The highest BCUT2D eigenvalue weighted by molar-refractivity contribution is 7.62. The molecule has 0 heterocycles. The molecule has 13 heavy (non-hydrogen) atoms. The van der Waals surface area contributed by atoms with Crippen molar-refractivity contribution in [2.45, 2.75) is 51.9 Å². The molecule has 0 spiro atoms. The summed E-state index contributed by atoms with van der Waals surface area (Å²) in [6.45, 7) is 6.03. The third-order valence-corrected chi connectivity index (χ3v) is 3.69. The van der Waals surface area contributed by atoms with Crippen LogP contribution in [0.5, 0.6) is 0 Å². The summed E-state index contributed by atoms with van der Waals surface area (Å²) < 4.78 is 11.3. The highest BCUT2D eigenvalue weighted by Crippen LogP contribution is 2.36. The zero-order chi connectivity index (χ0) is 10.2. The van der Waals surface area contributed by atoms with Gasteiger partial charge in [0.25, 0.3) is 0 Å². The van der Waals surface area contributed by atoms with E-state index < -0.39 is 7.14 Å². The van der Waals surface area contributed by atoms with Crippen molar-refractivity contribution in [2.75, 3.05) is 19.5 Å². The summed E-state index contributed by atoms with van der Waals surface area (Å²) in [5.41, 5.74) is 0. The van der Waals surface area contributed by atoms with Crippen LogP contribution < -0.4 is 0 Å². The van der Waals surface area contributed by atoms with Crippen molar-refractivity contribution in [2.24, 2.45) is 0 Å². The van der Waals surface area contributed by atoms with Crippen LogP contribution >= 0.6 is 7.14 Å². The molecule has 0 aliphatic rings. The third kappa shape index (κ3) is 12.2. The SMILES string of the molecule is CCCCCCCCCP(C)(C)=O. The maximum absolute atomic E-state index is 11.3. The monoisotopic (exact) mass is 204 g/mol. The largest absolute Gasteiger partial charge is 0.324 e. The number of unbranched alkanes of at least 4 members (excludes halogenated alkanes) is 6. The lowest BCUT2D eigenvalue weighted by molar-refractivity contribution is 0.573. The van der Waals surface area contributed by atoms with E-state index in [2.05, 4.69) is 6.92 Å². The molecule has 1 nitrogen and oxygen atoms in total. The second-order valence-electron chi connectivity index (χ2n) is 4.42. The Morgan fingerprint density at radius 2 is 1.31 bits per heavy atom. The minimum atomic E-state index is -1.73. The van der Waals surface area contributed by atoms with Crippen LogP contribution in [0.2, 0.25) is 0 Å². The minimum Gasteiger partial charge on any atom is -0.324 e. The summed E-state index contributed by atoms with van der Waals surface area (Å²) in [7, 11) is -1.73. The molecule has 0 saturated carbocycles. The summed E-state index contributed by atoms with van der Waals surface area (Å²) in [5.74, 6) is 0. The van der Waals surface area contributed by atoms with Gasteiger partial charge in [0.2, 0.25) is 0 Å². The Hall–Kier alpha value is 0.230. The summed E-state index contributed by atoms with van der Waals surface area (Å²) in [4.78, 5) is 0. The quantitative estimate of drug-likeness (QED) is 0.424. The van der Waals surface area contributed by atoms with Crippen LogP contribution in [-0.2, 0) is 4.57 Å². The van der Waals surface area contributed by atoms with E-state index in [1.54, 1.807) is 0 Å². The molecule has 0 atom stereocenters. The molecule has 0 amide bonds. The first-order valence-electron chi connectivity index (χ1n) is 5.60. The van der Waals surface area contributed by atoms with Crippen molar-refractivity contribution < 1.29 is 4.57 Å². The summed E-state index contributed by atoms with van der Waals surface area (Å²) in [6.07, 6.45) is 10.2. The molecule has 0 N–H and O–H groups in total. The van der Waals surface area contributed by atoms with Crippen molar-refractivity contribution in [3.05, 3.63) is 0 Å². The Balaban J connectivity index is 3.04. The fraction of sp³-hybridized carbons (Fsp3) is 1.00. The van der Waals surface area contributed by atoms with Crippen LogP contribution in [0.3, 0.4) is 0 Å². The van der Waals surface area contributed by atoms with Gasteiger partial charge in [-0.25, -0.2) is 0 Å². The second-order valence-corrected chi connectivity index (χ2v) is 8.01. The van der Waals surface area contributed by atoms with Gasteiger partial charge in [-0.05, 0) is 19.8 Å². The lowest BCUT2D eigenvalue weighted by Gasteiger charge is -2.05. The number of hydrogen-bond donors (Lipinski definition) is 0. The van der Waals surface area contributed by atoms with Crippen molar-refractivity contribution in [1.29, 1.82) is 0 Å². The van der Waals surface area contributed by atoms with Gasteiger partial charge in [0.1, 0.15) is 0 Å². The molecule has 80 valence electrons. The Morgan fingerprint density at radius 1 is 0.846 bits per heavy atom. The van der Waals surface area contributed by atoms with Gasteiger partial charge in [0, 0.05) is 6.16 Å². The maximum Gasteiger partial charge on any atom is 0.0819 e. The lowest BCUT2D eigenvalue weighted by atomic mass is 10.1. The van der Waals surface area contributed by atoms with E-state index >= 15 is 0 Å². The predicted octanol–water partition coefficient (Wildman–Crippen LogP) is 4.36. The van der Waals surface area contributed by atoms with Gasteiger partial charge in [0.15, 0.2) is 0 Å². The fourth-order valence-electron chi connectivity index (χ4n) is 1.45. The first-order chi connectivity index (χ1) is 6.06. The molecule has 0 unspecified atom stereocenters. The number of rotatable bonds is 8. The van der Waals surface area contributed by atoms with Gasteiger partial charge in [-0.3, -0.25) is 0 Å². The van der Waals surface area contributed by atoms with Crippen LogP contribution in [0.25, 0.3) is 0 Å². The summed E-state index contributed by atoms with van der Waals surface area (Å²) in [6, 6.07) is 0. The van der Waals surface area contributed by atoms with Gasteiger partial charge >= 0.3 is 0 Å². The average molecular weight is 204 g/mol. The molecule has 0 aliphatic heterocycles. The van der Waals surface area contributed by atoms with Crippen LogP contribution in [0, 0.1) is 0 Å². The standard InChI is InChI=1S/C11H25OP/c1-4-5-6-7-8-9-10-11-13(2,3)12/h4-11H2,1-3H3. The highest BCUT2D eigenvalue weighted by Gasteiger charge is 2.04. The zero-order valence-corrected chi connectivity index (χ0v) is 10.4. The Morgan fingerprint density at radius 3 is 1.77 bits per heavy atom. The molecule has 0 bridgehead atoms. The smallest absolute Gasteiger partial charge is 0.0819 e. The number of hydrogen-bond acceptors (Lipinski definition) is 1. The summed E-state index contributed by atoms with van der Waals surface area (Å²) >= 11 is 0. The normalized spacial score (nSPS) is 11.9. The van der Waals surface area contributed by atoms with Crippen LogP contribution in [-0.4, -0.2) is 19.5 Å². The van der Waals surface area contributed by atoms with Crippen LogP contribution in [0.15, 0.2) is 0 Å². The van der Waals surface area contributed by atoms with Gasteiger partial charge in [-0.2, -0.15) is 0 Å². The first-order valence-corrected chi connectivity index (χ1v) is 8.39. The van der Waals surface area contributed by atoms with E-state index in [4.69, 9.17) is 0 Å². The van der Waals surface area contributed by atoms with E-state index in [1.807, 2.05) is 13.3 Å². The van der Waals surface area contributed by atoms with Gasteiger partial charge in [-0.1, -0.05) is 45.4 Å². The second kappa shape index (κ2) is 7.62. The average Bonchev–Trinajstić information content (AvgIpc) is 2.01. The molecule has 0 aromatic carbocycles. The fourth-order valence-corrected chi connectivity index (χ4v) is 2.43. The van der Waals surface area contributed by atoms with Crippen molar-refractivity contribution in [3.63, 3.8) is 0 Å². The molecule has 0 saturated heterocycles. The molecule has 2 heteroatoms. The molecule has 0 fully saturated rings. The van der Waals surface area contributed by atoms with Crippen molar-refractivity contribution in [1.82, 2.24) is 0 Å². The van der Waals surface area contributed by atoms with Crippen molar-refractivity contribution in [3.8, 4) is 0 Å². The predicted molar refractivity (Wildman–Crippen MR) is 62.3 cm³/mol. The zero-order valence-electron chi connectivity index (χ0n) is 9.51. The van der Waals surface area contributed by atoms with Gasteiger partial charge in [0.05, 0.1) is 7.14 Å². The molecule has 0 radical (unpaired) electrons. The minimum absolute atomic E-state index is 0.945. The van der Waals surface area contributed by atoms with Gasteiger partial charge in [-0.15, -0.1) is 0 Å². The van der Waals surface area contributed by atoms with Crippen LogP contribution in [0.4, 0.5) is 0 Å². The third-order valence-electron chi connectivity index (χ3n) is 2.30. The Bertz CT molecular complexity index is 148. The van der Waals surface area contributed by atoms with Crippen LogP contribution in [0.1, 0.15) is 51.9 Å². The topological polar surface area (TPSA) is 17.1 Å². The van der Waals surface area contributed by atoms with Gasteiger partial charge < -0.3 is 4.57 Å². The summed E-state index contributed by atoms with van der Waals surface area (Å²) in [5, 5.41) is 0.